The number of methoxy groups -OCH3 is 1. The fourth-order valence-electron chi connectivity index (χ4n) is 1.73. The minimum absolute atomic E-state index is 0.0398. The molecule has 0 heterocycles. The van der Waals surface area contributed by atoms with E-state index in [4.69, 9.17) is 9.84 Å². The molecule has 0 aromatic heterocycles. The van der Waals surface area contributed by atoms with Gasteiger partial charge in [0.05, 0.1) is 13.5 Å². The second-order valence-electron chi connectivity index (χ2n) is 4.16. The van der Waals surface area contributed by atoms with Crippen LogP contribution in [0.15, 0.2) is 24.3 Å². The number of nitrogens with zero attached hydrogens (tertiary/aromatic N) is 1. The molecule has 5 nitrogen and oxygen atoms in total. The van der Waals surface area contributed by atoms with Gasteiger partial charge >= 0.3 is 5.97 Å². The minimum atomic E-state index is -0.899. The average Bonchev–Trinajstić information content (AvgIpc) is 2.42. The second kappa shape index (κ2) is 7.41. The van der Waals surface area contributed by atoms with Crippen molar-refractivity contribution in [3.05, 3.63) is 29.8 Å². The van der Waals surface area contributed by atoms with Crippen LogP contribution in [0.2, 0.25) is 0 Å². The summed E-state index contributed by atoms with van der Waals surface area (Å²) in [7, 11) is 1.56. The van der Waals surface area contributed by atoms with Gasteiger partial charge in [0, 0.05) is 18.7 Å². The van der Waals surface area contributed by atoms with Crippen LogP contribution in [0.3, 0.4) is 0 Å². The van der Waals surface area contributed by atoms with E-state index in [9.17, 15) is 9.59 Å². The molecule has 0 aliphatic carbocycles. The Kier molecular flexibility index (Phi) is 5.85. The van der Waals surface area contributed by atoms with Crippen LogP contribution in [0.25, 0.3) is 0 Å². The predicted octanol–water partition coefficient (Wildman–Crippen LogP) is 2.02. The highest BCUT2D eigenvalue weighted by Gasteiger charge is 2.15. The fraction of sp³-hybridized carbons (Fsp3) is 0.429. The van der Waals surface area contributed by atoms with Crippen LogP contribution in [-0.4, -0.2) is 42.1 Å². The van der Waals surface area contributed by atoms with Gasteiger partial charge in [-0.05, 0) is 30.7 Å². The highest BCUT2D eigenvalue weighted by Crippen LogP contribution is 2.13. The van der Waals surface area contributed by atoms with Crippen molar-refractivity contribution in [2.45, 2.75) is 19.8 Å². The molecule has 0 aliphatic heterocycles. The molecule has 19 heavy (non-hydrogen) atoms. The number of hydrogen-bond donors (Lipinski definition) is 1. The molecule has 0 aliphatic rings. The summed E-state index contributed by atoms with van der Waals surface area (Å²) in [5, 5.41) is 8.70. The average molecular weight is 265 g/mol. The van der Waals surface area contributed by atoms with E-state index in [0.717, 1.165) is 6.42 Å². The lowest BCUT2D eigenvalue weighted by Gasteiger charge is -2.21. The van der Waals surface area contributed by atoms with Crippen molar-refractivity contribution >= 4 is 11.9 Å². The van der Waals surface area contributed by atoms with Gasteiger partial charge in [0.1, 0.15) is 5.75 Å². The Morgan fingerprint density at radius 3 is 2.32 bits per heavy atom. The number of carbonyl (C=O) groups is 2. The zero-order valence-electron chi connectivity index (χ0n) is 11.3. The van der Waals surface area contributed by atoms with Gasteiger partial charge in [-0.1, -0.05) is 6.92 Å². The molecule has 0 radical (unpaired) electrons. The van der Waals surface area contributed by atoms with Crippen molar-refractivity contribution in [2.24, 2.45) is 0 Å². The minimum Gasteiger partial charge on any atom is -0.497 e. The highest BCUT2D eigenvalue weighted by atomic mass is 16.5. The molecular formula is C14H19NO4. The van der Waals surface area contributed by atoms with Crippen LogP contribution in [-0.2, 0) is 4.79 Å². The first-order valence-corrected chi connectivity index (χ1v) is 6.23. The van der Waals surface area contributed by atoms with Crippen LogP contribution >= 0.6 is 0 Å². The summed E-state index contributed by atoms with van der Waals surface area (Å²) < 4.78 is 5.03. The van der Waals surface area contributed by atoms with Crippen molar-refractivity contribution in [3.63, 3.8) is 0 Å². The van der Waals surface area contributed by atoms with Gasteiger partial charge < -0.3 is 14.7 Å². The van der Waals surface area contributed by atoms with Gasteiger partial charge in [0.2, 0.25) is 0 Å². The molecule has 0 fully saturated rings. The monoisotopic (exact) mass is 265 g/mol. The number of carbonyl (C=O) groups excluding carboxylic acids is 1. The lowest BCUT2D eigenvalue weighted by Crippen LogP contribution is -2.33. The maximum atomic E-state index is 12.2. The zero-order chi connectivity index (χ0) is 14.3. The van der Waals surface area contributed by atoms with Gasteiger partial charge in [-0.25, -0.2) is 0 Å². The number of benzene rings is 1. The lowest BCUT2D eigenvalue weighted by atomic mass is 10.2. The van der Waals surface area contributed by atoms with Gasteiger partial charge in [-0.15, -0.1) is 0 Å². The summed E-state index contributed by atoms with van der Waals surface area (Å²) in [6, 6.07) is 6.80. The number of ether oxygens (including phenoxy) is 1. The topological polar surface area (TPSA) is 66.8 Å². The standard InChI is InChI=1S/C14H19NO4/c1-3-9-15(10-8-13(16)17)14(18)11-4-6-12(19-2)7-5-11/h4-7H,3,8-10H2,1-2H3,(H,16,17). The van der Waals surface area contributed by atoms with E-state index in [1.54, 1.807) is 36.3 Å². The summed E-state index contributed by atoms with van der Waals surface area (Å²) in [5.41, 5.74) is 0.541. The van der Waals surface area contributed by atoms with Gasteiger partial charge in [-0.2, -0.15) is 0 Å². The maximum absolute atomic E-state index is 12.2. The molecule has 0 bridgehead atoms. The Morgan fingerprint density at radius 2 is 1.84 bits per heavy atom. The molecule has 1 aromatic carbocycles. The first kappa shape index (κ1) is 15.0. The molecule has 0 spiro atoms. The predicted molar refractivity (Wildman–Crippen MR) is 71.4 cm³/mol. The number of amides is 1. The fourth-order valence-corrected chi connectivity index (χ4v) is 1.73. The van der Waals surface area contributed by atoms with Gasteiger partial charge in [0.25, 0.3) is 5.91 Å². The Bertz CT molecular complexity index is 428. The van der Waals surface area contributed by atoms with Crippen molar-refractivity contribution < 1.29 is 19.4 Å². The highest BCUT2D eigenvalue weighted by molar-refractivity contribution is 5.94. The van der Waals surface area contributed by atoms with E-state index in [-0.39, 0.29) is 18.9 Å². The molecule has 1 amide bonds. The van der Waals surface area contributed by atoms with Crippen LogP contribution in [0.4, 0.5) is 0 Å². The molecule has 1 rings (SSSR count). The number of carboxylic acid groups (broad SMARTS) is 1. The Balaban J connectivity index is 2.76. The first-order valence-electron chi connectivity index (χ1n) is 6.23. The van der Waals surface area contributed by atoms with Crippen LogP contribution in [0.1, 0.15) is 30.1 Å². The van der Waals surface area contributed by atoms with Gasteiger partial charge in [-0.3, -0.25) is 9.59 Å². The Hall–Kier alpha value is -2.04. The summed E-state index contributed by atoms with van der Waals surface area (Å²) >= 11 is 0. The van der Waals surface area contributed by atoms with E-state index in [1.165, 1.54) is 0 Å². The van der Waals surface area contributed by atoms with E-state index >= 15 is 0 Å². The Labute approximate surface area is 112 Å². The van der Waals surface area contributed by atoms with Crippen molar-refractivity contribution in [1.29, 1.82) is 0 Å². The maximum Gasteiger partial charge on any atom is 0.305 e. The molecule has 0 unspecified atom stereocenters. The largest absolute Gasteiger partial charge is 0.497 e. The van der Waals surface area contributed by atoms with E-state index in [2.05, 4.69) is 0 Å². The lowest BCUT2D eigenvalue weighted by molar-refractivity contribution is -0.137. The third-order valence-corrected chi connectivity index (χ3v) is 2.71. The molecular weight excluding hydrogens is 246 g/mol. The van der Waals surface area contributed by atoms with Crippen molar-refractivity contribution in [3.8, 4) is 5.75 Å². The SMILES string of the molecule is CCCN(CCC(=O)O)C(=O)c1ccc(OC)cc1. The van der Waals surface area contributed by atoms with Crippen molar-refractivity contribution in [2.75, 3.05) is 20.2 Å². The Morgan fingerprint density at radius 1 is 1.21 bits per heavy atom. The smallest absolute Gasteiger partial charge is 0.305 e. The van der Waals surface area contributed by atoms with E-state index in [1.807, 2.05) is 6.92 Å². The third kappa shape index (κ3) is 4.62. The van der Waals surface area contributed by atoms with Crippen LogP contribution in [0.5, 0.6) is 5.75 Å². The zero-order valence-corrected chi connectivity index (χ0v) is 11.3. The second-order valence-corrected chi connectivity index (χ2v) is 4.16. The molecule has 0 atom stereocenters. The van der Waals surface area contributed by atoms with E-state index < -0.39 is 5.97 Å². The molecule has 0 saturated heterocycles. The molecule has 1 aromatic rings. The summed E-state index contributed by atoms with van der Waals surface area (Å²) in [5.74, 6) is -0.362. The molecule has 1 N–H and O–H groups in total. The molecule has 5 heteroatoms. The van der Waals surface area contributed by atoms with Crippen molar-refractivity contribution in [1.82, 2.24) is 4.90 Å². The van der Waals surface area contributed by atoms with E-state index in [0.29, 0.717) is 17.9 Å². The quantitative estimate of drug-likeness (QED) is 0.819. The first-order chi connectivity index (χ1) is 9.08. The van der Waals surface area contributed by atoms with Crippen LogP contribution in [0, 0.1) is 0 Å². The summed E-state index contributed by atoms with van der Waals surface area (Å²) in [6.45, 7) is 2.74. The number of aliphatic carboxylic acids is 1. The third-order valence-electron chi connectivity index (χ3n) is 2.71. The number of hydrogen-bond acceptors (Lipinski definition) is 3. The van der Waals surface area contributed by atoms with Crippen LogP contribution < -0.4 is 4.74 Å². The summed E-state index contributed by atoms with van der Waals surface area (Å²) in [6.07, 6.45) is 0.753. The number of rotatable bonds is 7. The van der Waals surface area contributed by atoms with Gasteiger partial charge in [0.15, 0.2) is 0 Å². The summed E-state index contributed by atoms with van der Waals surface area (Å²) in [4.78, 5) is 24.4. The molecule has 104 valence electrons. The molecule has 0 saturated carbocycles. The number of carboxylic acids is 1. The normalized spacial score (nSPS) is 10.0.